The van der Waals surface area contributed by atoms with Crippen LogP contribution in [-0.2, 0) is 6.54 Å². The number of hydrogen-bond donors (Lipinski definition) is 1. The van der Waals surface area contributed by atoms with E-state index in [1.807, 2.05) is 17.6 Å². The highest BCUT2D eigenvalue weighted by Crippen LogP contribution is 2.25. The predicted molar refractivity (Wildman–Crippen MR) is 90.1 cm³/mol. The minimum absolute atomic E-state index is 0.249. The van der Waals surface area contributed by atoms with Crippen molar-refractivity contribution in [3.05, 3.63) is 59.4 Å². The van der Waals surface area contributed by atoms with Gasteiger partial charge in [-0.3, -0.25) is 9.78 Å². The number of nitrogens with one attached hydrogen (secondary N) is 1. The number of alkyl halides is 3. The molecular formula is C18H16F3N3O2. The van der Waals surface area contributed by atoms with E-state index in [0.29, 0.717) is 17.6 Å². The number of pyridine rings is 1. The van der Waals surface area contributed by atoms with Gasteiger partial charge in [0, 0.05) is 26.0 Å². The number of fused-ring (bicyclic) bond motifs is 1. The SMILES string of the molecule is CNC(=O)c1cn(Cc2ccc(OC(F)(F)F)cc2)c2c(C)ccnc12. The van der Waals surface area contributed by atoms with E-state index in [1.54, 1.807) is 31.6 Å². The molecule has 3 aromatic rings. The van der Waals surface area contributed by atoms with Gasteiger partial charge < -0.3 is 14.6 Å². The summed E-state index contributed by atoms with van der Waals surface area (Å²) < 4.78 is 42.5. The fourth-order valence-electron chi connectivity index (χ4n) is 2.81. The van der Waals surface area contributed by atoms with Gasteiger partial charge in [0.15, 0.2) is 0 Å². The van der Waals surface area contributed by atoms with Gasteiger partial charge in [0.05, 0.1) is 11.1 Å². The number of aryl methyl sites for hydroxylation is 1. The van der Waals surface area contributed by atoms with E-state index < -0.39 is 6.36 Å². The molecule has 1 amide bonds. The number of halogens is 3. The minimum Gasteiger partial charge on any atom is -0.406 e. The Labute approximate surface area is 147 Å². The molecule has 0 spiro atoms. The third-order valence-corrected chi connectivity index (χ3v) is 3.93. The molecule has 3 rings (SSSR count). The number of ether oxygens (including phenoxy) is 1. The highest BCUT2D eigenvalue weighted by molar-refractivity contribution is 6.05. The molecule has 136 valence electrons. The first kappa shape index (κ1) is 17.8. The van der Waals surface area contributed by atoms with E-state index in [1.165, 1.54) is 12.1 Å². The summed E-state index contributed by atoms with van der Waals surface area (Å²) in [4.78, 5) is 16.4. The molecule has 0 saturated carbocycles. The Morgan fingerprint density at radius 3 is 2.54 bits per heavy atom. The summed E-state index contributed by atoms with van der Waals surface area (Å²) in [6.45, 7) is 2.29. The van der Waals surface area contributed by atoms with Crippen LogP contribution in [0.15, 0.2) is 42.7 Å². The van der Waals surface area contributed by atoms with Crippen molar-refractivity contribution in [3.8, 4) is 5.75 Å². The van der Waals surface area contributed by atoms with Gasteiger partial charge in [-0.15, -0.1) is 13.2 Å². The van der Waals surface area contributed by atoms with Gasteiger partial charge in [0.2, 0.25) is 0 Å². The zero-order chi connectivity index (χ0) is 18.9. The molecule has 0 aliphatic rings. The molecule has 0 radical (unpaired) electrons. The van der Waals surface area contributed by atoms with Crippen LogP contribution in [0, 0.1) is 6.92 Å². The first-order chi connectivity index (χ1) is 12.3. The Morgan fingerprint density at radius 1 is 1.23 bits per heavy atom. The lowest BCUT2D eigenvalue weighted by molar-refractivity contribution is -0.274. The quantitative estimate of drug-likeness (QED) is 0.770. The number of aromatic nitrogens is 2. The summed E-state index contributed by atoms with van der Waals surface area (Å²) in [5, 5.41) is 2.58. The maximum atomic E-state index is 12.2. The van der Waals surface area contributed by atoms with Crippen LogP contribution in [0.4, 0.5) is 13.2 Å². The largest absolute Gasteiger partial charge is 0.573 e. The van der Waals surface area contributed by atoms with Crippen molar-refractivity contribution < 1.29 is 22.7 Å². The maximum absolute atomic E-state index is 12.2. The molecule has 8 heteroatoms. The van der Waals surface area contributed by atoms with Crippen molar-refractivity contribution in [2.24, 2.45) is 0 Å². The monoisotopic (exact) mass is 363 g/mol. The van der Waals surface area contributed by atoms with E-state index in [-0.39, 0.29) is 11.7 Å². The summed E-state index contributed by atoms with van der Waals surface area (Å²) in [6, 6.07) is 7.47. The van der Waals surface area contributed by atoms with Crippen molar-refractivity contribution in [2.75, 3.05) is 7.05 Å². The van der Waals surface area contributed by atoms with Crippen LogP contribution in [0.5, 0.6) is 5.75 Å². The Kier molecular flexibility index (Phi) is 4.58. The second-order valence-electron chi connectivity index (χ2n) is 5.77. The number of carbonyl (C=O) groups excluding carboxylic acids is 1. The van der Waals surface area contributed by atoms with Gasteiger partial charge in [-0.25, -0.2) is 0 Å². The Balaban J connectivity index is 1.95. The first-order valence-corrected chi connectivity index (χ1v) is 7.79. The fourth-order valence-corrected chi connectivity index (χ4v) is 2.81. The molecule has 2 aromatic heterocycles. The second-order valence-corrected chi connectivity index (χ2v) is 5.77. The molecule has 1 aromatic carbocycles. The van der Waals surface area contributed by atoms with Gasteiger partial charge >= 0.3 is 6.36 Å². The lowest BCUT2D eigenvalue weighted by Crippen LogP contribution is -2.17. The van der Waals surface area contributed by atoms with Crippen molar-refractivity contribution in [2.45, 2.75) is 19.8 Å². The van der Waals surface area contributed by atoms with Crippen molar-refractivity contribution in [1.82, 2.24) is 14.9 Å². The summed E-state index contributed by atoms with van der Waals surface area (Å²) in [7, 11) is 1.54. The normalized spacial score (nSPS) is 11.6. The number of carbonyl (C=O) groups is 1. The fraction of sp³-hybridized carbons (Fsp3) is 0.222. The molecule has 0 saturated heterocycles. The van der Waals surface area contributed by atoms with Crippen LogP contribution in [0.25, 0.3) is 11.0 Å². The van der Waals surface area contributed by atoms with E-state index in [4.69, 9.17) is 0 Å². The van der Waals surface area contributed by atoms with E-state index in [2.05, 4.69) is 15.0 Å². The Morgan fingerprint density at radius 2 is 1.92 bits per heavy atom. The Bertz CT molecular complexity index is 947. The molecule has 5 nitrogen and oxygen atoms in total. The average Bonchev–Trinajstić information content (AvgIpc) is 2.94. The highest BCUT2D eigenvalue weighted by atomic mass is 19.4. The smallest absolute Gasteiger partial charge is 0.406 e. The molecular weight excluding hydrogens is 347 g/mol. The molecule has 26 heavy (non-hydrogen) atoms. The standard InChI is InChI=1S/C18H16F3N3O2/c1-11-7-8-23-15-14(17(25)22-2)10-24(16(11)15)9-12-3-5-13(6-4-12)26-18(19,20)21/h3-8,10H,9H2,1-2H3,(H,22,25). The van der Waals surface area contributed by atoms with Crippen LogP contribution in [0.2, 0.25) is 0 Å². The highest BCUT2D eigenvalue weighted by Gasteiger charge is 2.31. The number of hydrogen-bond acceptors (Lipinski definition) is 3. The van der Waals surface area contributed by atoms with E-state index in [0.717, 1.165) is 16.6 Å². The molecule has 0 aliphatic carbocycles. The topological polar surface area (TPSA) is 56.2 Å². The molecule has 0 aliphatic heterocycles. The van der Waals surface area contributed by atoms with Crippen LogP contribution in [-0.4, -0.2) is 28.9 Å². The zero-order valence-corrected chi connectivity index (χ0v) is 14.1. The number of amides is 1. The van der Waals surface area contributed by atoms with Crippen LogP contribution in [0.3, 0.4) is 0 Å². The number of benzene rings is 1. The van der Waals surface area contributed by atoms with Crippen LogP contribution >= 0.6 is 0 Å². The summed E-state index contributed by atoms with van der Waals surface area (Å²) >= 11 is 0. The molecule has 1 N–H and O–H groups in total. The lowest BCUT2D eigenvalue weighted by atomic mass is 10.2. The third-order valence-electron chi connectivity index (χ3n) is 3.93. The summed E-state index contributed by atoms with van der Waals surface area (Å²) in [5.41, 5.74) is 3.55. The average molecular weight is 363 g/mol. The van der Waals surface area contributed by atoms with Gasteiger partial charge in [-0.05, 0) is 36.2 Å². The predicted octanol–water partition coefficient (Wildman–Crippen LogP) is 3.65. The molecule has 0 bridgehead atoms. The third kappa shape index (κ3) is 3.63. The number of rotatable bonds is 4. The maximum Gasteiger partial charge on any atom is 0.573 e. The molecule has 0 fully saturated rings. The zero-order valence-electron chi connectivity index (χ0n) is 14.1. The summed E-state index contributed by atoms with van der Waals surface area (Å²) in [6.07, 6.45) is -1.38. The summed E-state index contributed by atoms with van der Waals surface area (Å²) in [5.74, 6) is -0.525. The molecule has 2 heterocycles. The molecule has 0 unspecified atom stereocenters. The van der Waals surface area contributed by atoms with Gasteiger partial charge in [-0.2, -0.15) is 0 Å². The van der Waals surface area contributed by atoms with E-state index in [9.17, 15) is 18.0 Å². The second kappa shape index (κ2) is 6.70. The van der Waals surface area contributed by atoms with Crippen molar-refractivity contribution in [1.29, 1.82) is 0 Å². The van der Waals surface area contributed by atoms with Gasteiger partial charge in [0.1, 0.15) is 11.3 Å². The van der Waals surface area contributed by atoms with Crippen LogP contribution in [0.1, 0.15) is 21.5 Å². The number of nitrogens with zero attached hydrogens (tertiary/aromatic N) is 2. The van der Waals surface area contributed by atoms with Gasteiger partial charge in [-0.1, -0.05) is 12.1 Å². The minimum atomic E-state index is -4.72. The first-order valence-electron chi connectivity index (χ1n) is 7.79. The van der Waals surface area contributed by atoms with E-state index >= 15 is 0 Å². The van der Waals surface area contributed by atoms with Gasteiger partial charge in [0.25, 0.3) is 5.91 Å². The molecule has 0 atom stereocenters. The lowest BCUT2D eigenvalue weighted by Gasteiger charge is -2.10. The van der Waals surface area contributed by atoms with Crippen molar-refractivity contribution in [3.63, 3.8) is 0 Å². The van der Waals surface area contributed by atoms with Crippen molar-refractivity contribution >= 4 is 16.9 Å². The van der Waals surface area contributed by atoms with Crippen LogP contribution < -0.4 is 10.1 Å². The Hall–Kier alpha value is -3.03.